The highest BCUT2D eigenvalue weighted by Crippen LogP contribution is 2.57. The Labute approximate surface area is 460 Å². The first-order valence-electron chi connectivity index (χ1n) is 26.6. The van der Waals surface area contributed by atoms with Gasteiger partial charge in [0.2, 0.25) is 11.8 Å². The van der Waals surface area contributed by atoms with Crippen LogP contribution in [-0.2, 0) is 42.5 Å². The van der Waals surface area contributed by atoms with E-state index in [9.17, 15) is 59.9 Å². The molecule has 0 atom stereocenters. The molecule has 22 heteroatoms. The molecule has 3 heterocycles. The average Bonchev–Trinajstić information content (AvgIpc) is 2.82. The fourth-order valence-electron chi connectivity index (χ4n) is 10.7. The number of alkyl halides is 6. The van der Waals surface area contributed by atoms with Crippen LogP contribution in [0.4, 0.5) is 43.4 Å². The molecule has 6 amide bonds. The summed E-state index contributed by atoms with van der Waals surface area (Å²) < 4.78 is 92.5. The number of carbonyl (C=O) groups excluding carboxylic acids is 7. The molecule has 3 aliphatic rings. The van der Waals surface area contributed by atoms with Crippen molar-refractivity contribution in [3.05, 3.63) is 148 Å². The summed E-state index contributed by atoms with van der Waals surface area (Å²) in [5.41, 5.74) is 0.758. The second-order valence-electron chi connectivity index (χ2n) is 20.1. The number of amides is 6. The van der Waals surface area contributed by atoms with Gasteiger partial charge in [-0.2, -0.15) is 26.3 Å². The van der Waals surface area contributed by atoms with Gasteiger partial charge in [-0.1, -0.05) is 56.2 Å². The molecule has 2 aliphatic heterocycles. The van der Waals surface area contributed by atoms with Crippen molar-refractivity contribution in [3.63, 3.8) is 0 Å². The Balaban J connectivity index is 0.741. The topological polar surface area (TPSA) is 206 Å². The predicted molar refractivity (Wildman–Crippen MR) is 287 cm³/mol. The third-order valence-corrected chi connectivity index (χ3v) is 14.8. The van der Waals surface area contributed by atoms with Crippen LogP contribution in [0.5, 0.6) is 11.5 Å². The molecule has 81 heavy (non-hydrogen) atoms. The van der Waals surface area contributed by atoms with E-state index < -0.39 is 41.6 Å². The molecular formula is C59H57F6N7O9. The summed E-state index contributed by atoms with van der Waals surface area (Å²) in [5, 5.41) is 13.3. The second kappa shape index (κ2) is 23.6. The van der Waals surface area contributed by atoms with E-state index in [1.54, 1.807) is 20.1 Å². The molecular weight excluding hydrogens is 1060 g/mol. The Bertz CT molecular complexity index is 3360. The van der Waals surface area contributed by atoms with Gasteiger partial charge >= 0.3 is 30.1 Å². The van der Waals surface area contributed by atoms with E-state index in [0.29, 0.717) is 57.3 Å². The van der Waals surface area contributed by atoms with Gasteiger partial charge in [-0.25, -0.2) is 4.79 Å². The number of unbranched alkanes of at least 4 members (excludes halogenated alkanes) is 3. The lowest BCUT2D eigenvalue weighted by molar-refractivity contribution is -0.167. The first-order chi connectivity index (χ1) is 38.7. The number of hydrogen-bond acceptors (Lipinski definition) is 9. The fraction of sp³-hybridized carbons (Fsp3) is 0.339. The Morgan fingerprint density at radius 2 is 1.28 bits per heavy atom. The van der Waals surface area contributed by atoms with Crippen molar-refractivity contribution in [2.24, 2.45) is 5.92 Å². The molecule has 9 rings (SSSR count). The summed E-state index contributed by atoms with van der Waals surface area (Å²) in [5.74, 6) is -7.17. The molecule has 5 aromatic carbocycles. The molecule has 1 aromatic heterocycles. The van der Waals surface area contributed by atoms with Crippen LogP contribution >= 0.6 is 0 Å². The lowest BCUT2D eigenvalue weighted by Crippen LogP contribution is -2.42. The number of rotatable bonds is 18. The number of ether oxygens (including phenoxy) is 2. The molecule has 16 nitrogen and oxygen atoms in total. The summed E-state index contributed by atoms with van der Waals surface area (Å²) in [6.45, 7) is 5.18. The first-order valence-corrected chi connectivity index (χ1v) is 26.6. The van der Waals surface area contributed by atoms with Crippen LogP contribution in [0.2, 0.25) is 0 Å². The Morgan fingerprint density at radius 1 is 0.667 bits per heavy atom. The Kier molecular flexibility index (Phi) is 16.6. The highest BCUT2D eigenvalue weighted by atomic mass is 19.4. The minimum Gasteiger partial charge on any atom is -0.456 e. The molecule has 1 spiro atoms. The molecule has 424 valence electrons. The van der Waals surface area contributed by atoms with Crippen molar-refractivity contribution in [2.45, 2.75) is 102 Å². The zero-order valence-electron chi connectivity index (χ0n) is 44.1. The standard InChI is InChI=1S/C59H57F6N7O9/c1-3-34-12-11-14-41(28-34)71(4-2)50(73)33-72-46-15-8-7-13-36(46)30-47(72)53(76)68-38-19-16-35(17-20-38)51(74)66-26-9-5-6-10-27-67-52(75)37-18-23-43-42(29-37)54(77)81-57(43)44-24-21-39(69-55(78)58(60,61)62)31-48(44)80-49-32-40(22-25-45(49)57)70-56(79)59(63,64)65/h7-8,11-15,18,21-25,28-32,35,38H,3-6,9-10,16-17,19-20,26-27,33H2,1-2H3,(H,66,74)(H,67,75)(H,68,76)(H,69,78)(H,70,79). The number of hydrogen-bond donors (Lipinski definition) is 5. The van der Waals surface area contributed by atoms with Gasteiger partial charge in [0.1, 0.15) is 23.7 Å². The predicted octanol–water partition coefficient (Wildman–Crippen LogP) is 10.2. The maximum atomic E-state index is 13.9. The van der Waals surface area contributed by atoms with E-state index in [4.69, 9.17) is 9.47 Å². The zero-order valence-corrected chi connectivity index (χ0v) is 44.1. The van der Waals surface area contributed by atoms with Gasteiger partial charge in [0.05, 0.1) is 5.56 Å². The van der Waals surface area contributed by atoms with E-state index in [0.717, 1.165) is 65.7 Å². The van der Waals surface area contributed by atoms with Gasteiger partial charge < -0.3 is 45.5 Å². The minimum atomic E-state index is -5.25. The van der Waals surface area contributed by atoms with Gasteiger partial charge in [-0.05, 0) is 118 Å². The second-order valence-corrected chi connectivity index (χ2v) is 20.1. The maximum absolute atomic E-state index is 13.9. The molecule has 0 bridgehead atoms. The number of fused-ring (bicyclic) bond motifs is 7. The van der Waals surface area contributed by atoms with E-state index >= 15 is 0 Å². The lowest BCUT2D eigenvalue weighted by Gasteiger charge is -2.37. The van der Waals surface area contributed by atoms with Crippen LogP contribution in [0.15, 0.2) is 109 Å². The van der Waals surface area contributed by atoms with Gasteiger partial charge in [-0.3, -0.25) is 28.8 Å². The third kappa shape index (κ3) is 12.2. The number of nitrogens with zero attached hydrogens (tertiary/aromatic N) is 2. The third-order valence-electron chi connectivity index (χ3n) is 14.8. The fourth-order valence-corrected chi connectivity index (χ4v) is 10.7. The van der Waals surface area contributed by atoms with E-state index in [1.807, 2.05) is 61.5 Å². The molecule has 1 fully saturated rings. The smallest absolute Gasteiger partial charge is 0.456 e. The number of nitrogens with one attached hydrogen (secondary N) is 5. The quantitative estimate of drug-likeness (QED) is 0.0315. The molecule has 6 aromatic rings. The van der Waals surface area contributed by atoms with Crippen molar-refractivity contribution in [3.8, 4) is 11.5 Å². The highest BCUT2D eigenvalue weighted by Gasteiger charge is 2.54. The molecule has 0 radical (unpaired) electrons. The monoisotopic (exact) mass is 1120 g/mol. The summed E-state index contributed by atoms with van der Waals surface area (Å²) in [4.78, 5) is 93.2. The van der Waals surface area contributed by atoms with Gasteiger partial charge in [-0.15, -0.1) is 0 Å². The van der Waals surface area contributed by atoms with Crippen LogP contribution < -0.4 is 36.2 Å². The van der Waals surface area contributed by atoms with Crippen LogP contribution in [-0.4, -0.2) is 84.0 Å². The molecule has 1 aliphatic carbocycles. The van der Waals surface area contributed by atoms with Gasteiger partial charge in [0, 0.05) is 93.9 Å². The summed E-state index contributed by atoms with van der Waals surface area (Å²) >= 11 is 0. The zero-order chi connectivity index (χ0) is 57.8. The maximum Gasteiger partial charge on any atom is 0.471 e. The van der Waals surface area contributed by atoms with Crippen molar-refractivity contribution < 1.29 is 69.4 Å². The minimum absolute atomic E-state index is 0.0180. The first kappa shape index (κ1) is 57.0. The number of anilines is 3. The normalized spacial score (nSPS) is 16.0. The van der Waals surface area contributed by atoms with E-state index in [-0.39, 0.29) is 93.5 Å². The Hall–Kier alpha value is -8.69. The van der Waals surface area contributed by atoms with Crippen molar-refractivity contribution in [2.75, 3.05) is 35.2 Å². The van der Waals surface area contributed by atoms with Crippen LogP contribution in [0.1, 0.15) is 119 Å². The summed E-state index contributed by atoms with van der Waals surface area (Å²) in [7, 11) is 0. The number of aromatic nitrogens is 1. The van der Waals surface area contributed by atoms with Gasteiger partial charge in [0.15, 0.2) is 5.60 Å². The number of para-hydroxylation sites is 1. The summed E-state index contributed by atoms with van der Waals surface area (Å²) in [6, 6.07) is 28.1. The van der Waals surface area contributed by atoms with E-state index in [1.165, 1.54) is 30.3 Å². The molecule has 0 unspecified atom stereocenters. The van der Waals surface area contributed by atoms with Crippen molar-refractivity contribution in [1.29, 1.82) is 0 Å². The van der Waals surface area contributed by atoms with Crippen LogP contribution in [0, 0.1) is 5.92 Å². The highest BCUT2D eigenvalue weighted by molar-refractivity contribution is 6.03. The van der Waals surface area contributed by atoms with Crippen LogP contribution in [0.3, 0.4) is 0 Å². The van der Waals surface area contributed by atoms with Gasteiger partial charge in [0.25, 0.3) is 11.8 Å². The summed E-state index contributed by atoms with van der Waals surface area (Å²) in [6.07, 6.45) is -4.46. The average molecular weight is 1120 g/mol. The number of aryl methyl sites for hydroxylation is 1. The Morgan fingerprint density at radius 3 is 1.90 bits per heavy atom. The number of benzene rings is 5. The molecule has 0 saturated heterocycles. The number of esters is 1. The van der Waals surface area contributed by atoms with Crippen molar-refractivity contribution >= 4 is 69.4 Å². The number of halogens is 6. The molecule has 1 saturated carbocycles. The van der Waals surface area contributed by atoms with Crippen LogP contribution in [0.25, 0.3) is 10.9 Å². The lowest BCUT2D eigenvalue weighted by atomic mass is 9.77. The van der Waals surface area contributed by atoms with E-state index in [2.05, 4.69) is 22.9 Å². The largest absolute Gasteiger partial charge is 0.471 e. The number of likely N-dealkylation sites (N-methyl/N-ethyl adjacent to an activating group) is 1. The number of carbonyl (C=O) groups is 7. The molecule has 5 N–H and O–H groups in total. The van der Waals surface area contributed by atoms with Crippen molar-refractivity contribution in [1.82, 2.24) is 20.5 Å². The SMILES string of the molecule is CCc1cccc(N(CC)C(=O)Cn2c(C(=O)NC3CCC(C(=O)NCCCCCCNC(=O)c4ccc5c(c4)C(=O)OC54c5ccc(NC(=O)C(F)(F)F)cc5Oc5cc(NC(=O)C(F)(F)F)ccc54)CC3)cc3ccccc32)c1.